The second-order valence-corrected chi connectivity index (χ2v) is 4.77. The largest absolute Gasteiger partial charge is 0.397 e. The SMILES string of the molecule is Cc1ccc(N)c(NCC(C)(C)CO)c1. The zero-order valence-electron chi connectivity index (χ0n) is 9.67. The summed E-state index contributed by atoms with van der Waals surface area (Å²) in [5.41, 5.74) is 8.57. The third-order valence-corrected chi connectivity index (χ3v) is 2.39. The lowest BCUT2D eigenvalue weighted by atomic mass is 9.95. The quantitative estimate of drug-likeness (QED) is 0.663. The molecule has 0 unspecified atom stereocenters. The van der Waals surface area contributed by atoms with Crippen molar-refractivity contribution >= 4 is 11.4 Å². The summed E-state index contributed by atoms with van der Waals surface area (Å²) in [4.78, 5) is 0. The van der Waals surface area contributed by atoms with E-state index in [1.807, 2.05) is 39.0 Å². The van der Waals surface area contributed by atoms with E-state index >= 15 is 0 Å². The summed E-state index contributed by atoms with van der Waals surface area (Å²) in [6.45, 7) is 6.91. The van der Waals surface area contributed by atoms with Crippen LogP contribution < -0.4 is 11.1 Å². The van der Waals surface area contributed by atoms with E-state index in [1.54, 1.807) is 0 Å². The topological polar surface area (TPSA) is 58.3 Å². The monoisotopic (exact) mass is 208 g/mol. The molecule has 1 rings (SSSR count). The number of rotatable bonds is 4. The number of hydrogen-bond donors (Lipinski definition) is 3. The van der Waals surface area contributed by atoms with Gasteiger partial charge in [-0.25, -0.2) is 0 Å². The molecular formula is C12H20N2O. The lowest BCUT2D eigenvalue weighted by molar-refractivity contribution is 0.171. The minimum Gasteiger partial charge on any atom is -0.397 e. The molecule has 0 aliphatic heterocycles. The summed E-state index contributed by atoms with van der Waals surface area (Å²) in [6, 6.07) is 5.89. The van der Waals surface area contributed by atoms with Gasteiger partial charge in [-0.05, 0) is 24.6 Å². The third-order valence-electron chi connectivity index (χ3n) is 2.39. The summed E-state index contributed by atoms with van der Waals surface area (Å²) in [5, 5.41) is 12.4. The van der Waals surface area contributed by atoms with Gasteiger partial charge in [0.2, 0.25) is 0 Å². The molecule has 0 bridgehead atoms. The van der Waals surface area contributed by atoms with Gasteiger partial charge in [0.1, 0.15) is 0 Å². The number of aliphatic hydroxyl groups excluding tert-OH is 1. The van der Waals surface area contributed by atoms with Crippen molar-refractivity contribution in [1.82, 2.24) is 0 Å². The highest BCUT2D eigenvalue weighted by molar-refractivity contribution is 5.66. The Labute approximate surface area is 91.3 Å². The normalized spacial score (nSPS) is 11.5. The predicted molar refractivity (Wildman–Crippen MR) is 64.9 cm³/mol. The Morgan fingerprint density at radius 1 is 1.40 bits per heavy atom. The average molecular weight is 208 g/mol. The first-order valence-corrected chi connectivity index (χ1v) is 5.15. The Morgan fingerprint density at radius 3 is 2.67 bits per heavy atom. The molecule has 84 valence electrons. The van der Waals surface area contributed by atoms with Crippen molar-refractivity contribution in [3.05, 3.63) is 23.8 Å². The Balaban J connectivity index is 2.69. The van der Waals surface area contributed by atoms with Crippen LogP contribution in [0.4, 0.5) is 11.4 Å². The van der Waals surface area contributed by atoms with E-state index in [0.29, 0.717) is 6.54 Å². The summed E-state index contributed by atoms with van der Waals surface area (Å²) in [5.74, 6) is 0. The van der Waals surface area contributed by atoms with Crippen molar-refractivity contribution in [3.8, 4) is 0 Å². The van der Waals surface area contributed by atoms with Crippen LogP contribution in [0.2, 0.25) is 0 Å². The van der Waals surface area contributed by atoms with Gasteiger partial charge in [-0.15, -0.1) is 0 Å². The molecule has 1 aromatic rings. The maximum atomic E-state index is 9.12. The van der Waals surface area contributed by atoms with Crippen LogP contribution in [0.1, 0.15) is 19.4 Å². The van der Waals surface area contributed by atoms with Gasteiger partial charge < -0.3 is 16.2 Å². The van der Waals surface area contributed by atoms with Crippen molar-refractivity contribution in [1.29, 1.82) is 0 Å². The molecule has 15 heavy (non-hydrogen) atoms. The maximum Gasteiger partial charge on any atom is 0.0576 e. The molecule has 3 nitrogen and oxygen atoms in total. The minimum atomic E-state index is -0.129. The molecule has 4 N–H and O–H groups in total. The fraction of sp³-hybridized carbons (Fsp3) is 0.500. The molecule has 3 heteroatoms. The molecule has 0 atom stereocenters. The summed E-state index contributed by atoms with van der Waals surface area (Å²) in [7, 11) is 0. The van der Waals surface area contributed by atoms with Crippen LogP contribution in [0, 0.1) is 12.3 Å². The van der Waals surface area contributed by atoms with E-state index in [1.165, 1.54) is 5.56 Å². The van der Waals surface area contributed by atoms with Crippen LogP contribution in [0.25, 0.3) is 0 Å². The molecule has 0 radical (unpaired) electrons. The first-order chi connectivity index (χ1) is 6.94. The van der Waals surface area contributed by atoms with Gasteiger partial charge in [-0.2, -0.15) is 0 Å². The molecule has 0 fully saturated rings. The summed E-state index contributed by atoms with van der Waals surface area (Å²) >= 11 is 0. The van der Waals surface area contributed by atoms with Gasteiger partial charge in [0, 0.05) is 18.6 Å². The molecule has 0 aromatic heterocycles. The van der Waals surface area contributed by atoms with Gasteiger partial charge in [0.15, 0.2) is 0 Å². The van der Waals surface area contributed by atoms with Crippen molar-refractivity contribution in [3.63, 3.8) is 0 Å². The Bertz CT molecular complexity index is 334. The highest BCUT2D eigenvalue weighted by atomic mass is 16.3. The van der Waals surface area contributed by atoms with E-state index in [2.05, 4.69) is 5.32 Å². The smallest absolute Gasteiger partial charge is 0.0576 e. The number of nitrogen functional groups attached to an aromatic ring is 1. The maximum absolute atomic E-state index is 9.12. The molecule has 0 spiro atoms. The predicted octanol–water partition coefficient (Wildman–Crippen LogP) is 2.01. The van der Waals surface area contributed by atoms with E-state index < -0.39 is 0 Å². The molecule has 0 heterocycles. The van der Waals surface area contributed by atoms with Crippen molar-refractivity contribution in [2.45, 2.75) is 20.8 Å². The Hall–Kier alpha value is -1.22. The fourth-order valence-electron chi connectivity index (χ4n) is 1.21. The summed E-state index contributed by atoms with van der Waals surface area (Å²) < 4.78 is 0. The van der Waals surface area contributed by atoms with E-state index in [-0.39, 0.29) is 12.0 Å². The molecule has 0 aliphatic carbocycles. The lowest BCUT2D eigenvalue weighted by Crippen LogP contribution is -2.27. The first-order valence-electron chi connectivity index (χ1n) is 5.15. The zero-order chi connectivity index (χ0) is 11.5. The second-order valence-electron chi connectivity index (χ2n) is 4.77. The van der Waals surface area contributed by atoms with E-state index in [9.17, 15) is 0 Å². The third kappa shape index (κ3) is 3.44. The van der Waals surface area contributed by atoms with Crippen LogP contribution in [0.3, 0.4) is 0 Å². The van der Waals surface area contributed by atoms with E-state index in [4.69, 9.17) is 10.8 Å². The zero-order valence-corrected chi connectivity index (χ0v) is 9.67. The fourth-order valence-corrected chi connectivity index (χ4v) is 1.21. The van der Waals surface area contributed by atoms with Crippen LogP contribution in [-0.2, 0) is 0 Å². The molecular weight excluding hydrogens is 188 g/mol. The molecule has 0 aliphatic rings. The highest BCUT2D eigenvalue weighted by Gasteiger charge is 2.16. The number of benzene rings is 1. The number of nitrogens with one attached hydrogen (secondary N) is 1. The van der Waals surface area contributed by atoms with Crippen molar-refractivity contribution in [2.75, 3.05) is 24.2 Å². The van der Waals surface area contributed by atoms with Crippen LogP contribution in [0.5, 0.6) is 0 Å². The van der Waals surface area contributed by atoms with Crippen LogP contribution in [0.15, 0.2) is 18.2 Å². The standard InChI is InChI=1S/C12H20N2O/c1-9-4-5-10(13)11(6-9)14-7-12(2,3)8-15/h4-6,14-15H,7-8,13H2,1-3H3. The van der Waals surface area contributed by atoms with Gasteiger partial charge >= 0.3 is 0 Å². The molecule has 1 aromatic carbocycles. The number of anilines is 2. The van der Waals surface area contributed by atoms with Gasteiger partial charge in [0.25, 0.3) is 0 Å². The summed E-state index contributed by atoms with van der Waals surface area (Å²) in [6.07, 6.45) is 0. The lowest BCUT2D eigenvalue weighted by Gasteiger charge is -2.23. The number of nitrogens with two attached hydrogens (primary N) is 1. The van der Waals surface area contributed by atoms with E-state index in [0.717, 1.165) is 11.4 Å². The van der Waals surface area contributed by atoms with Crippen LogP contribution in [-0.4, -0.2) is 18.3 Å². The molecule has 0 amide bonds. The number of aryl methyl sites for hydroxylation is 1. The van der Waals surface area contributed by atoms with Crippen molar-refractivity contribution in [2.24, 2.45) is 5.41 Å². The Morgan fingerprint density at radius 2 is 2.07 bits per heavy atom. The highest BCUT2D eigenvalue weighted by Crippen LogP contribution is 2.22. The molecule has 0 saturated heterocycles. The minimum absolute atomic E-state index is 0.129. The second kappa shape index (κ2) is 4.53. The molecule has 0 saturated carbocycles. The van der Waals surface area contributed by atoms with Crippen molar-refractivity contribution < 1.29 is 5.11 Å². The van der Waals surface area contributed by atoms with Gasteiger partial charge in [-0.1, -0.05) is 19.9 Å². The van der Waals surface area contributed by atoms with Gasteiger partial charge in [0.05, 0.1) is 11.4 Å². The van der Waals surface area contributed by atoms with Gasteiger partial charge in [-0.3, -0.25) is 0 Å². The van der Waals surface area contributed by atoms with Crippen LogP contribution >= 0.6 is 0 Å². The number of hydrogen-bond acceptors (Lipinski definition) is 3. The Kier molecular flexibility index (Phi) is 3.58. The number of aliphatic hydroxyl groups is 1. The first kappa shape index (κ1) is 11.9. The average Bonchev–Trinajstić information content (AvgIpc) is 2.20.